The molecule has 1 heterocycles. The minimum Gasteiger partial charge on any atom is -0.454 e. The number of benzene rings is 1. The van der Waals surface area contributed by atoms with E-state index in [1.165, 1.54) is 0 Å². The molecule has 9 heteroatoms. The largest absolute Gasteiger partial charge is 0.454 e. The lowest BCUT2D eigenvalue weighted by Gasteiger charge is -2.19. The van der Waals surface area contributed by atoms with Gasteiger partial charge in [0.1, 0.15) is 6.54 Å². The van der Waals surface area contributed by atoms with E-state index in [0.717, 1.165) is 5.56 Å². The molecule has 1 atom stereocenters. The van der Waals surface area contributed by atoms with Crippen LogP contribution in [-0.2, 0) is 29.6 Å². The maximum atomic E-state index is 12.1. The van der Waals surface area contributed by atoms with Crippen molar-refractivity contribution in [2.75, 3.05) is 24.7 Å². The third-order valence-corrected chi connectivity index (χ3v) is 6.14. The zero-order chi connectivity index (χ0) is 20.9. The van der Waals surface area contributed by atoms with Crippen molar-refractivity contribution in [2.45, 2.75) is 38.6 Å². The van der Waals surface area contributed by atoms with E-state index in [9.17, 15) is 22.8 Å². The quantitative estimate of drug-likeness (QED) is 0.662. The van der Waals surface area contributed by atoms with Gasteiger partial charge in [-0.25, -0.2) is 8.42 Å². The normalized spacial score (nSPS) is 18.3. The van der Waals surface area contributed by atoms with E-state index in [-0.39, 0.29) is 23.5 Å². The van der Waals surface area contributed by atoms with Gasteiger partial charge < -0.3 is 15.4 Å². The van der Waals surface area contributed by atoms with Gasteiger partial charge in [0.15, 0.2) is 16.4 Å². The number of rotatable bonds is 6. The summed E-state index contributed by atoms with van der Waals surface area (Å²) in [6.45, 7) is 5.32. The van der Waals surface area contributed by atoms with E-state index >= 15 is 0 Å². The van der Waals surface area contributed by atoms with E-state index in [1.807, 2.05) is 12.1 Å². The molecule has 2 amide bonds. The molecule has 2 rings (SSSR count). The van der Waals surface area contributed by atoms with Crippen LogP contribution >= 0.6 is 0 Å². The highest BCUT2D eigenvalue weighted by Crippen LogP contribution is 2.22. The smallest absolute Gasteiger partial charge is 0.325 e. The lowest BCUT2D eigenvalue weighted by Crippen LogP contribution is -2.39. The van der Waals surface area contributed by atoms with E-state index in [1.54, 1.807) is 12.1 Å². The second-order valence-electron chi connectivity index (χ2n) is 7.84. The van der Waals surface area contributed by atoms with Crippen LogP contribution in [0.25, 0.3) is 0 Å². The van der Waals surface area contributed by atoms with Gasteiger partial charge in [-0.15, -0.1) is 0 Å². The second-order valence-corrected chi connectivity index (χ2v) is 10.1. The third-order valence-electron chi connectivity index (χ3n) is 4.37. The van der Waals surface area contributed by atoms with E-state index < -0.39 is 40.3 Å². The van der Waals surface area contributed by atoms with Crippen LogP contribution in [0.3, 0.4) is 0 Å². The number of ether oxygens (including phenoxy) is 1. The number of sulfone groups is 1. The molecule has 0 spiro atoms. The van der Waals surface area contributed by atoms with Crippen molar-refractivity contribution in [1.29, 1.82) is 0 Å². The van der Waals surface area contributed by atoms with Crippen molar-refractivity contribution in [3.63, 3.8) is 0 Å². The summed E-state index contributed by atoms with van der Waals surface area (Å²) in [5.41, 5.74) is 1.48. The average molecular weight is 410 g/mol. The summed E-state index contributed by atoms with van der Waals surface area (Å²) in [4.78, 5) is 35.5. The molecule has 1 aromatic carbocycles. The first-order chi connectivity index (χ1) is 13.0. The molecule has 1 saturated heterocycles. The standard InChI is InChI=1S/C19H26N2O6S/c1-19(2,3)14-6-4-13(5-7-14)18(24)20-10-17(23)27-11-16(22)21-15-8-9-28(25,26)12-15/h4-7,15H,8-12H2,1-3H3,(H,20,24)(H,21,22)/t15-/m0/s1. The first-order valence-corrected chi connectivity index (χ1v) is 10.8. The fourth-order valence-electron chi connectivity index (χ4n) is 2.75. The lowest BCUT2D eigenvalue weighted by atomic mass is 9.87. The molecule has 0 bridgehead atoms. The molecule has 154 valence electrons. The fourth-order valence-corrected chi connectivity index (χ4v) is 4.42. The first-order valence-electron chi connectivity index (χ1n) is 9.00. The molecule has 0 unspecified atom stereocenters. The number of carbonyl (C=O) groups is 3. The van der Waals surface area contributed by atoms with Gasteiger partial charge in [-0.05, 0) is 29.5 Å². The van der Waals surface area contributed by atoms with Gasteiger partial charge in [-0.2, -0.15) is 0 Å². The molecule has 28 heavy (non-hydrogen) atoms. The SMILES string of the molecule is CC(C)(C)c1ccc(C(=O)NCC(=O)OCC(=O)N[C@H]2CCS(=O)(=O)C2)cc1. The molecule has 1 aliphatic rings. The Kier molecular flexibility index (Phi) is 6.82. The van der Waals surface area contributed by atoms with Gasteiger partial charge in [0, 0.05) is 11.6 Å². The van der Waals surface area contributed by atoms with Gasteiger partial charge in [-0.1, -0.05) is 32.9 Å². The van der Waals surface area contributed by atoms with Crippen LogP contribution in [0.2, 0.25) is 0 Å². The summed E-state index contributed by atoms with van der Waals surface area (Å²) >= 11 is 0. The van der Waals surface area contributed by atoms with Crippen molar-refractivity contribution < 1.29 is 27.5 Å². The average Bonchev–Trinajstić information content (AvgIpc) is 2.95. The Morgan fingerprint density at radius 2 is 1.79 bits per heavy atom. The summed E-state index contributed by atoms with van der Waals surface area (Å²) in [6, 6.07) is 6.64. The Morgan fingerprint density at radius 3 is 2.32 bits per heavy atom. The Labute approximate surface area is 164 Å². The molecule has 1 fully saturated rings. The van der Waals surface area contributed by atoms with Crippen LogP contribution in [0, 0.1) is 0 Å². The zero-order valence-electron chi connectivity index (χ0n) is 16.3. The molecular formula is C19H26N2O6S. The Morgan fingerprint density at radius 1 is 1.14 bits per heavy atom. The minimum absolute atomic E-state index is 0.0257. The molecule has 0 saturated carbocycles. The second kappa shape index (κ2) is 8.72. The third kappa shape index (κ3) is 6.63. The highest BCUT2D eigenvalue weighted by molar-refractivity contribution is 7.91. The molecule has 2 N–H and O–H groups in total. The highest BCUT2D eigenvalue weighted by atomic mass is 32.2. The summed E-state index contributed by atoms with van der Waals surface area (Å²) in [6.07, 6.45) is 0.353. The Hall–Kier alpha value is -2.42. The predicted octanol–water partition coefficient (Wildman–Crippen LogP) is 0.560. The molecule has 0 aliphatic carbocycles. The summed E-state index contributed by atoms with van der Waals surface area (Å²) < 4.78 is 27.5. The fraction of sp³-hybridized carbons (Fsp3) is 0.526. The van der Waals surface area contributed by atoms with Crippen LogP contribution in [-0.4, -0.2) is 56.9 Å². The minimum atomic E-state index is -3.10. The number of amides is 2. The van der Waals surface area contributed by atoms with E-state index in [2.05, 4.69) is 31.4 Å². The van der Waals surface area contributed by atoms with Crippen molar-refractivity contribution >= 4 is 27.6 Å². The molecule has 0 radical (unpaired) electrons. The number of nitrogens with one attached hydrogen (secondary N) is 2. The molecule has 8 nitrogen and oxygen atoms in total. The van der Waals surface area contributed by atoms with Crippen molar-refractivity contribution in [3.8, 4) is 0 Å². The number of hydrogen-bond donors (Lipinski definition) is 2. The van der Waals surface area contributed by atoms with Crippen molar-refractivity contribution in [1.82, 2.24) is 10.6 Å². The number of hydrogen-bond acceptors (Lipinski definition) is 6. The molecule has 1 aromatic rings. The van der Waals surface area contributed by atoms with Gasteiger partial charge in [0.25, 0.3) is 11.8 Å². The van der Waals surface area contributed by atoms with E-state index in [0.29, 0.717) is 12.0 Å². The molecule has 1 aliphatic heterocycles. The number of carbonyl (C=O) groups excluding carboxylic acids is 3. The molecular weight excluding hydrogens is 384 g/mol. The van der Waals surface area contributed by atoms with Gasteiger partial charge in [-0.3, -0.25) is 14.4 Å². The lowest BCUT2D eigenvalue weighted by molar-refractivity contribution is -0.147. The van der Waals surface area contributed by atoms with Crippen LogP contribution in [0.15, 0.2) is 24.3 Å². The zero-order valence-corrected chi connectivity index (χ0v) is 17.1. The first kappa shape index (κ1) is 21.9. The predicted molar refractivity (Wildman–Crippen MR) is 104 cm³/mol. The van der Waals surface area contributed by atoms with Crippen molar-refractivity contribution in [3.05, 3.63) is 35.4 Å². The number of esters is 1. The van der Waals surface area contributed by atoms with E-state index in [4.69, 9.17) is 4.74 Å². The van der Waals surface area contributed by atoms with Gasteiger partial charge >= 0.3 is 5.97 Å². The summed E-state index contributed by atoms with van der Waals surface area (Å²) in [7, 11) is -3.10. The van der Waals surface area contributed by atoms with Crippen LogP contribution in [0.1, 0.15) is 43.1 Å². The van der Waals surface area contributed by atoms with Crippen LogP contribution in [0.4, 0.5) is 0 Å². The Balaban J connectivity index is 1.71. The van der Waals surface area contributed by atoms with Gasteiger partial charge in [0.2, 0.25) is 0 Å². The Bertz CT molecular complexity index is 840. The van der Waals surface area contributed by atoms with Gasteiger partial charge in [0.05, 0.1) is 11.5 Å². The summed E-state index contributed by atoms with van der Waals surface area (Å²) in [5, 5.41) is 4.96. The maximum absolute atomic E-state index is 12.1. The molecule has 0 aromatic heterocycles. The van der Waals surface area contributed by atoms with Crippen LogP contribution < -0.4 is 10.6 Å². The van der Waals surface area contributed by atoms with Crippen LogP contribution in [0.5, 0.6) is 0 Å². The maximum Gasteiger partial charge on any atom is 0.325 e. The van der Waals surface area contributed by atoms with Crippen molar-refractivity contribution in [2.24, 2.45) is 0 Å². The summed E-state index contributed by atoms with van der Waals surface area (Å²) in [5.74, 6) is -1.80. The highest BCUT2D eigenvalue weighted by Gasteiger charge is 2.29. The monoisotopic (exact) mass is 410 g/mol. The topological polar surface area (TPSA) is 119 Å².